The average Bonchev–Trinajstić information content (AvgIpc) is 3.07. The molecule has 180 valence electrons. The third kappa shape index (κ3) is 5.11. The number of carboxylic acids is 1. The van der Waals surface area contributed by atoms with Gasteiger partial charge in [0, 0.05) is 23.2 Å². The highest BCUT2D eigenvalue weighted by molar-refractivity contribution is 7.90. The second-order valence-electron chi connectivity index (χ2n) is 7.42. The Balaban J connectivity index is 2.22. The maximum atomic E-state index is 13.5. The first-order valence-corrected chi connectivity index (χ1v) is 11.5. The summed E-state index contributed by atoms with van der Waals surface area (Å²) in [7, 11) is -3.50. The van der Waals surface area contributed by atoms with Crippen LogP contribution in [0.5, 0.6) is 0 Å². The van der Waals surface area contributed by atoms with Crippen molar-refractivity contribution in [1.29, 1.82) is 0 Å². The van der Waals surface area contributed by atoms with Gasteiger partial charge in [-0.3, -0.25) is 4.79 Å². The predicted molar refractivity (Wildman–Crippen MR) is 114 cm³/mol. The normalized spacial score (nSPS) is 12.9. The van der Waals surface area contributed by atoms with E-state index in [0.29, 0.717) is 11.3 Å². The summed E-state index contributed by atoms with van der Waals surface area (Å²) in [6.07, 6.45) is -4.28. The summed E-state index contributed by atoms with van der Waals surface area (Å²) in [6, 6.07) is 9.82. The monoisotopic (exact) mass is 498 g/mol. The van der Waals surface area contributed by atoms with Crippen molar-refractivity contribution >= 4 is 21.7 Å². The molecule has 0 bridgehead atoms. The van der Waals surface area contributed by atoms with Crippen LogP contribution in [-0.4, -0.2) is 42.4 Å². The lowest BCUT2D eigenvalue weighted by molar-refractivity contribution is -0.175. The molecule has 2 aromatic carbocycles. The quantitative estimate of drug-likeness (QED) is 0.503. The van der Waals surface area contributed by atoms with E-state index in [1.807, 2.05) is 0 Å². The fraction of sp³-hybridized carbons (Fsp3) is 0.182. The number of alkyl halides is 3. The van der Waals surface area contributed by atoms with Gasteiger partial charge in [0.05, 0.1) is 10.6 Å². The van der Waals surface area contributed by atoms with Gasteiger partial charge in [-0.15, -0.1) is 0 Å². The van der Waals surface area contributed by atoms with Crippen molar-refractivity contribution in [1.82, 2.24) is 9.88 Å². The number of benzene rings is 2. The largest absolute Gasteiger partial charge is 0.479 e. The van der Waals surface area contributed by atoms with E-state index < -0.39 is 39.7 Å². The molecule has 34 heavy (non-hydrogen) atoms. The number of rotatable bonds is 6. The van der Waals surface area contributed by atoms with Crippen molar-refractivity contribution < 1.29 is 40.7 Å². The smallest absolute Gasteiger partial charge is 0.471 e. The molecule has 1 aromatic heterocycles. The summed E-state index contributed by atoms with van der Waals surface area (Å²) in [5.41, 5.74) is 1.07. The molecule has 1 heterocycles. The molecule has 0 saturated carbocycles. The van der Waals surface area contributed by atoms with Crippen LogP contribution in [-0.2, 0) is 19.4 Å². The van der Waals surface area contributed by atoms with Crippen LogP contribution in [0.2, 0.25) is 0 Å². The van der Waals surface area contributed by atoms with Gasteiger partial charge >= 0.3 is 18.1 Å². The van der Waals surface area contributed by atoms with E-state index >= 15 is 0 Å². The van der Waals surface area contributed by atoms with Gasteiger partial charge < -0.3 is 15.0 Å². The lowest BCUT2D eigenvalue weighted by Gasteiger charge is -2.17. The number of nitrogens with zero attached hydrogens (tertiary/aromatic N) is 1. The van der Waals surface area contributed by atoms with Crippen LogP contribution in [0.15, 0.2) is 59.5 Å². The molecule has 1 amide bonds. The fourth-order valence-electron chi connectivity index (χ4n) is 3.41. The number of hydrogen-bond donors (Lipinski definition) is 2. The Kier molecular flexibility index (Phi) is 6.56. The first-order chi connectivity index (χ1) is 15.7. The third-order valence-corrected chi connectivity index (χ3v) is 6.17. The molecule has 12 heteroatoms. The minimum Gasteiger partial charge on any atom is -0.479 e. The van der Waals surface area contributed by atoms with Crippen LogP contribution in [0.25, 0.3) is 16.9 Å². The summed E-state index contributed by atoms with van der Waals surface area (Å²) >= 11 is 0. The number of aromatic nitrogens is 1. The summed E-state index contributed by atoms with van der Waals surface area (Å²) in [4.78, 5) is 23.3. The second-order valence-corrected chi connectivity index (χ2v) is 9.44. The first-order valence-electron chi connectivity index (χ1n) is 9.59. The van der Waals surface area contributed by atoms with Gasteiger partial charge in [0.1, 0.15) is 5.82 Å². The maximum absolute atomic E-state index is 13.5. The second kappa shape index (κ2) is 8.93. The zero-order chi connectivity index (χ0) is 25.4. The number of halogens is 4. The van der Waals surface area contributed by atoms with Gasteiger partial charge in [-0.1, -0.05) is 12.1 Å². The summed E-state index contributed by atoms with van der Waals surface area (Å²) in [6.45, 7) is 1.43. The number of amides is 1. The van der Waals surface area contributed by atoms with Gasteiger partial charge in [0.15, 0.2) is 15.9 Å². The first kappa shape index (κ1) is 25.0. The highest BCUT2D eigenvalue weighted by atomic mass is 32.2. The number of nitrogens with one attached hydrogen (secondary N) is 1. The van der Waals surface area contributed by atoms with E-state index in [2.05, 4.69) is 0 Å². The zero-order valence-electron chi connectivity index (χ0n) is 17.7. The fourth-order valence-corrected chi connectivity index (χ4v) is 4.04. The number of hydrogen-bond acceptors (Lipinski definition) is 4. The standard InChI is InChI=1S/C22H18F4N2O5S/c1-12-17(19(20(29)30)27-21(31)22(24,25)26)11-18(28(12)15-7-5-14(23)6-8-15)13-3-9-16(10-4-13)34(2,32)33/h3-11,19H,1-2H3,(H,27,31)(H,29,30)/t19-/m1/s1. The molecule has 0 fully saturated rings. The number of carbonyl (C=O) groups excluding carboxylic acids is 1. The Bertz CT molecular complexity index is 1350. The molecule has 2 N–H and O–H groups in total. The van der Waals surface area contributed by atoms with E-state index in [1.165, 1.54) is 59.3 Å². The molecule has 3 aromatic rings. The average molecular weight is 498 g/mol. The molecule has 3 rings (SSSR count). The number of carbonyl (C=O) groups is 2. The molecular formula is C22H18F4N2O5S. The highest BCUT2D eigenvalue weighted by Crippen LogP contribution is 2.33. The number of aliphatic carboxylic acids is 1. The van der Waals surface area contributed by atoms with Crippen molar-refractivity contribution in [3.63, 3.8) is 0 Å². The summed E-state index contributed by atoms with van der Waals surface area (Å²) < 4.78 is 76.8. The Morgan fingerprint density at radius 3 is 2.06 bits per heavy atom. The van der Waals surface area contributed by atoms with Crippen molar-refractivity contribution in [3.05, 3.63) is 71.7 Å². The van der Waals surface area contributed by atoms with E-state index in [1.54, 1.807) is 0 Å². The van der Waals surface area contributed by atoms with Crippen molar-refractivity contribution in [2.75, 3.05) is 6.26 Å². The topological polar surface area (TPSA) is 105 Å². The number of carboxylic acid groups (broad SMARTS) is 1. The molecule has 0 saturated heterocycles. The Morgan fingerprint density at radius 2 is 1.59 bits per heavy atom. The third-order valence-electron chi connectivity index (χ3n) is 5.04. The summed E-state index contributed by atoms with van der Waals surface area (Å²) in [5, 5.41) is 11.0. The molecule has 0 aliphatic rings. The Labute approximate surface area is 191 Å². The maximum Gasteiger partial charge on any atom is 0.471 e. The van der Waals surface area contributed by atoms with Gasteiger partial charge in [0.25, 0.3) is 0 Å². The molecule has 0 aliphatic heterocycles. The lowest BCUT2D eigenvalue weighted by Crippen LogP contribution is -2.42. The SMILES string of the molecule is Cc1c([C@@H](NC(=O)C(F)(F)F)C(=O)O)cc(-c2ccc(S(C)(=O)=O)cc2)n1-c1ccc(F)cc1. The van der Waals surface area contributed by atoms with Crippen LogP contribution in [0, 0.1) is 12.7 Å². The highest BCUT2D eigenvalue weighted by Gasteiger charge is 2.42. The van der Waals surface area contributed by atoms with Crippen molar-refractivity contribution in [2.45, 2.75) is 24.0 Å². The zero-order valence-corrected chi connectivity index (χ0v) is 18.5. The van der Waals surface area contributed by atoms with Gasteiger partial charge in [0.2, 0.25) is 0 Å². The van der Waals surface area contributed by atoms with Crippen LogP contribution < -0.4 is 5.32 Å². The predicted octanol–water partition coefficient (Wildman–Crippen LogP) is 3.80. The molecule has 0 spiro atoms. The van der Waals surface area contributed by atoms with Gasteiger partial charge in [-0.05, 0) is 55.0 Å². The van der Waals surface area contributed by atoms with Crippen molar-refractivity contribution in [2.24, 2.45) is 0 Å². The lowest BCUT2D eigenvalue weighted by atomic mass is 10.1. The minimum absolute atomic E-state index is 0.0222. The van der Waals surface area contributed by atoms with E-state index in [9.17, 15) is 40.7 Å². The summed E-state index contributed by atoms with van der Waals surface area (Å²) in [5.74, 6) is -4.70. The van der Waals surface area contributed by atoms with Gasteiger partial charge in [-0.25, -0.2) is 17.6 Å². The molecule has 0 unspecified atom stereocenters. The van der Waals surface area contributed by atoms with Crippen LogP contribution in [0.3, 0.4) is 0 Å². The molecule has 0 aliphatic carbocycles. The molecule has 1 atom stereocenters. The van der Waals surface area contributed by atoms with E-state index in [0.717, 1.165) is 18.4 Å². The Morgan fingerprint density at radius 1 is 1.03 bits per heavy atom. The van der Waals surface area contributed by atoms with Gasteiger partial charge in [-0.2, -0.15) is 13.2 Å². The number of sulfone groups is 1. The van der Waals surface area contributed by atoms with Crippen LogP contribution in [0.4, 0.5) is 17.6 Å². The molecular weight excluding hydrogens is 480 g/mol. The minimum atomic E-state index is -5.30. The van der Waals surface area contributed by atoms with E-state index in [4.69, 9.17) is 0 Å². The Hall–Kier alpha value is -3.67. The van der Waals surface area contributed by atoms with E-state index in [-0.39, 0.29) is 21.8 Å². The van der Waals surface area contributed by atoms with Crippen molar-refractivity contribution in [3.8, 4) is 16.9 Å². The molecule has 7 nitrogen and oxygen atoms in total. The molecule has 0 radical (unpaired) electrons. The van der Waals surface area contributed by atoms with Crippen LogP contribution >= 0.6 is 0 Å². The van der Waals surface area contributed by atoms with Crippen LogP contribution in [0.1, 0.15) is 17.3 Å².